The van der Waals surface area contributed by atoms with Gasteiger partial charge in [-0.2, -0.15) is 0 Å². The molecule has 0 spiro atoms. The quantitative estimate of drug-likeness (QED) is 0.364. The molecule has 39 heavy (non-hydrogen) atoms. The van der Waals surface area contributed by atoms with Crippen LogP contribution in [0.3, 0.4) is 0 Å². The molecule has 0 N–H and O–H groups in total. The normalized spacial score (nSPS) is 15.7. The number of rotatable bonds is 9. The number of anilines is 3. The average Bonchev–Trinajstić information content (AvgIpc) is 3.36. The summed E-state index contributed by atoms with van der Waals surface area (Å²) < 4.78 is 35.0. The summed E-state index contributed by atoms with van der Waals surface area (Å²) in [5, 5.41) is 0. The predicted octanol–water partition coefficient (Wildman–Crippen LogP) is 2.91. The number of fused-ring (bicyclic) bond motifs is 1. The fourth-order valence-electron chi connectivity index (χ4n) is 4.85. The lowest BCUT2D eigenvalue weighted by Crippen LogP contribution is -2.39. The van der Waals surface area contributed by atoms with Gasteiger partial charge >= 0.3 is 5.97 Å². The molecule has 3 aromatic rings. The van der Waals surface area contributed by atoms with E-state index in [1.807, 2.05) is 12.1 Å². The highest BCUT2D eigenvalue weighted by Crippen LogP contribution is 2.35. The summed E-state index contributed by atoms with van der Waals surface area (Å²) in [5.41, 5.74) is 2.84. The van der Waals surface area contributed by atoms with Crippen molar-refractivity contribution in [3.05, 3.63) is 54.1 Å². The van der Waals surface area contributed by atoms with Crippen molar-refractivity contribution in [2.45, 2.75) is 50.0 Å². The van der Waals surface area contributed by atoms with E-state index >= 15 is 0 Å². The second-order valence-electron chi connectivity index (χ2n) is 9.68. The van der Waals surface area contributed by atoms with Crippen LogP contribution in [0.15, 0.2) is 47.9 Å². The highest BCUT2D eigenvalue weighted by atomic mass is 32.2. The van der Waals surface area contributed by atoms with Crippen molar-refractivity contribution in [2.75, 3.05) is 42.3 Å². The standard InChI is InChI=1S/C27H32N6O5S/c1-3-37-26(34)7-4-19-16-28-27(29-17-19)32-11-9-21(10-12-32)38-25-15-24(30-18-31-25)33-13-8-20-14-22(39(2,35)36)5-6-23(20)33/h5-6,14-18,21H,3-4,7-13H2,1-2H3. The smallest absolute Gasteiger partial charge is 0.306 e. The zero-order valence-corrected chi connectivity index (χ0v) is 22.9. The van der Waals surface area contributed by atoms with Crippen LogP contribution >= 0.6 is 0 Å². The summed E-state index contributed by atoms with van der Waals surface area (Å²) in [6.07, 6.45) is 9.48. The first-order chi connectivity index (χ1) is 18.8. The molecule has 0 saturated carbocycles. The van der Waals surface area contributed by atoms with Crippen LogP contribution < -0.4 is 14.5 Å². The summed E-state index contributed by atoms with van der Waals surface area (Å²) in [6.45, 7) is 4.40. The van der Waals surface area contributed by atoms with Crippen molar-refractivity contribution < 1.29 is 22.7 Å². The molecule has 2 aliphatic rings. The Morgan fingerprint density at radius 1 is 1.05 bits per heavy atom. The molecule has 0 aliphatic carbocycles. The van der Waals surface area contributed by atoms with E-state index in [1.54, 1.807) is 31.5 Å². The molecular formula is C27H32N6O5S. The van der Waals surface area contributed by atoms with Gasteiger partial charge in [0.1, 0.15) is 18.2 Å². The van der Waals surface area contributed by atoms with Crippen molar-refractivity contribution in [3.63, 3.8) is 0 Å². The van der Waals surface area contributed by atoms with Crippen LogP contribution in [-0.4, -0.2) is 72.9 Å². The molecule has 0 unspecified atom stereocenters. The van der Waals surface area contributed by atoms with Gasteiger partial charge in [0, 0.05) is 69.3 Å². The molecule has 2 aliphatic heterocycles. The van der Waals surface area contributed by atoms with Crippen molar-refractivity contribution in [2.24, 2.45) is 0 Å². The SMILES string of the molecule is CCOC(=O)CCc1cnc(N2CCC(Oc3cc(N4CCc5cc(S(C)(=O)=O)ccc54)ncn3)CC2)nc1. The third-order valence-corrected chi connectivity index (χ3v) is 8.02. The predicted molar refractivity (Wildman–Crippen MR) is 145 cm³/mol. The number of hydrogen-bond acceptors (Lipinski definition) is 11. The number of hydrogen-bond donors (Lipinski definition) is 0. The van der Waals surface area contributed by atoms with Crippen LogP contribution in [-0.2, 0) is 32.2 Å². The van der Waals surface area contributed by atoms with Crippen LogP contribution in [0, 0.1) is 0 Å². The Balaban J connectivity index is 1.16. The monoisotopic (exact) mass is 552 g/mol. The number of nitrogens with zero attached hydrogens (tertiary/aromatic N) is 6. The molecular weight excluding hydrogens is 520 g/mol. The van der Waals surface area contributed by atoms with E-state index in [-0.39, 0.29) is 12.1 Å². The van der Waals surface area contributed by atoms with Crippen LogP contribution in [0.25, 0.3) is 0 Å². The Kier molecular flexibility index (Phi) is 7.92. The molecule has 1 fully saturated rings. The first-order valence-corrected chi connectivity index (χ1v) is 15.0. The fraction of sp³-hybridized carbons (Fsp3) is 0.444. The Morgan fingerprint density at radius 3 is 2.54 bits per heavy atom. The van der Waals surface area contributed by atoms with Gasteiger partial charge in [-0.1, -0.05) is 0 Å². The summed E-state index contributed by atoms with van der Waals surface area (Å²) in [5.74, 6) is 1.69. The Hall–Kier alpha value is -3.80. The van der Waals surface area contributed by atoms with Crippen LogP contribution in [0.5, 0.6) is 5.88 Å². The summed E-state index contributed by atoms with van der Waals surface area (Å²) in [4.78, 5) is 33.8. The molecule has 12 heteroatoms. The number of ether oxygens (including phenoxy) is 2. The van der Waals surface area contributed by atoms with Crippen molar-refractivity contribution >= 4 is 33.3 Å². The van der Waals surface area contributed by atoms with Gasteiger partial charge in [-0.15, -0.1) is 0 Å². The first kappa shape index (κ1) is 26.8. The minimum absolute atomic E-state index is 0.0102. The van der Waals surface area contributed by atoms with Crippen molar-refractivity contribution in [1.82, 2.24) is 19.9 Å². The maximum absolute atomic E-state index is 11.9. The van der Waals surface area contributed by atoms with Gasteiger partial charge in [0.15, 0.2) is 9.84 Å². The second kappa shape index (κ2) is 11.5. The zero-order chi connectivity index (χ0) is 27.4. The lowest BCUT2D eigenvalue weighted by Gasteiger charge is -2.32. The van der Waals surface area contributed by atoms with Gasteiger partial charge in [-0.05, 0) is 49.1 Å². The second-order valence-corrected chi connectivity index (χ2v) is 11.7. The molecule has 4 heterocycles. The van der Waals surface area contributed by atoms with E-state index in [4.69, 9.17) is 9.47 Å². The van der Waals surface area contributed by atoms with Gasteiger partial charge < -0.3 is 19.3 Å². The van der Waals surface area contributed by atoms with Crippen LogP contribution in [0.1, 0.15) is 37.3 Å². The minimum atomic E-state index is -3.25. The molecule has 206 valence electrons. The molecule has 0 radical (unpaired) electrons. The number of aryl methyl sites for hydroxylation is 1. The van der Waals surface area contributed by atoms with Crippen molar-refractivity contribution in [1.29, 1.82) is 0 Å². The maximum atomic E-state index is 11.9. The number of carbonyl (C=O) groups is 1. The van der Waals surface area contributed by atoms with Gasteiger partial charge in [0.2, 0.25) is 11.8 Å². The number of sulfone groups is 1. The molecule has 2 aromatic heterocycles. The van der Waals surface area contributed by atoms with E-state index in [9.17, 15) is 13.2 Å². The van der Waals surface area contributed by atoms with E-state index in [0.29, 0.717) is 42.7 Å². The molecule has 1 aromatic carbocycles. The van der Waals surface area contributed by atoms with Crippen molar-refractivity contribution in [3.8, 4) is 5.88 Å². The van der Waals surface area contributed by atoms with E-state index < -0.39 is 9.84 Å². The summed E-state index contributed by atoms with van der Waals surface area (Å²) >= 11 is 0. The Labute approximate surface area is 228 Å². The zero-order valence-electron chi connectivity index (χ0n) is 22.1. The van der Waals surface area contributed by atoms with Gasteiger partial charge in [0.05, 0.1) is 11.5 Å². The highest BCUT2D eigenvalue weighted by Gasteiger charge is 2.26. The Bertz CT molecular complexity index is 1420. The molecule has 1 saturated heterocycles. The number of carbonyl (C=O) groups excluding carboxylic acids is 1. The lowest BCUT2D eigenvalue weighted by atomic mass is 10.1. The number of aromatic nitrogens is 4. The third kappa shape index (κ3) is 6.44. The number of piperidine rings is 1. The lowest BCUT2D eigenvalue weighted by molar-refractivity contribution is -0.143. The third-order valence-electron chi connectivity index (χ3n) is 6.91. The van der Waals surface area contributed by atoms with E-state index in [1.165, 1.54) is 12.6 Å². The van der Waals surface area contributed by atoms with Gasteiger partial charge in [-0.25, -0.2) is 28.4 Å². The molecule has 11 nitrogen and oxygen atoms in total. The fourth-order valence-corrected chi connectivity index (χ4v) is 5.52. The topological polar surface area (TPSA) is 128 Å². The molecule has 5 rings (SSSR count). The van der Waals surface area contributed by atoms with Gasteiger partial charge in [-0.3, -0.25) is 4.79 Å². The largest absolute Gasteiger partial charge is 0.474 e. The summed E-state index contributed by atoms with van der Waals surface area (Å²) in [6, 6.07) is 7.06. The minimum Gasteiger partial charge on any atom is -0.474 e. The number of benzene rings is 1. The maximum Gasteiger partial charge on any atom is 0.306 e. The van der Waals surface area contributed by atoms with E-state index in [2.05, 4.69) is 29.7 Å². The molecule has 0 bridgehead atoms. The van der Waals surface area contributed by atoms with Crippen LogP contribution in [0.2, 0.25) is 0 Å². The average molecular weight is 553 g/mol. The molecule has 0 atom stereocenters. The number of esters is 1. The summed E-state index contributed by atoms with van der Waals surface area (Å²) in [7, 11) is -3.25. The van der Waals surface area contributed by atoms with E-state index in [0.717, 1.165) is 55.0 Å². The van der Waals surface area contributed by atoms with Gasteiger partial charge in [0.25, 0.3) is 0 Å². The first-order valence-electron chi connectivity index (χ1n) is 13.1. The van der Waals surface area contributed by atoms with Crippen LogP contribution in [0.4, 0.5) is 17.5 Å². The Morgan fingerprint density at radius 2 is 1.82 bits per heavy atom. The highest BCUT2D eigenvalue weighted by molar-refractivity contribution is 7.90. The molecule has 0 amide bonds.